The molecule has 1 aliphatic rings. The quantitative estimate of drug-likeness (QED) is 0.293. The van der Waals surface area contributed by atoms with Gasteiger partial charge in [0.2, 0.25) is 0 Å². The summed E-state index contributed by atoms with van der Waals surface area (Å²) in [5.41, 5.74) is 14.7. The van der Waals surface area contributed by atoms with Crippen LogP contribution in [-0.4, -0.2) is 11.1 Å². The summed E-state index contributed by atoms with van der Waals surface area (Å²) in [4.78, 5) is 0. The number of thiol groups is 1. The first-order chi connectivity index (χ1) is 8.91. The predicted molar refractivity (Wildman–Crippen MR) is 85.3 cm³/mol. The normalized spacial score (nSPS) is 23.0. The van der Waals surface area contributed by atoms with Gasteiger partial charge in [-0.1, -0.05) is 23.7 Å². The van der Waals surface area contributed by atoms with Crippen molar-refractivity contribution in [2.45, 2.75) is 30.9 Å². The van der Waals surface area contributed by atoms with Crippen LogP contribution in [0.5, 0.6) is 0 Å². The Morgan fingerprint density at radius 1 is 1.42 bits per heavy atom. The number of rotatable bonds is 2. The summed E-state index contributed by atoms with van der Waals surface area (Å²) in [5, 5.41) is 8.69. The molecule has 0 spiro atoms. The molecule has 5 heteroatoms. The largest absolute Gasteiger partial charge is 0.398 e. The monoisotopic (exact) mass is 295 g/mol. The molecule has 0 saturated heterocycles. The van der Waals surface area contributed by atoms with Gasteiger partial charge in [-0.15, -0.1) is 0 Å². The van der Waals surface area contributed by atoms with Gasteiger partial charge in [0.1, 0.15) is 5.84 Å². The van der Waals surface area contributed by atoms with Crippen LogP contribution in [0.3, 0.4) is 0 Å². The lowest BCUT2D eigenvalue weighted by Crippen LogP contribution is -2.18. The topological polar surface area (TPSA) is 75.9 Å². The van der Waals surface area contributed by atoms with Gasteiger partial charge in [0.15, 0.2) is 0 Å². The van der Waals surface area contributed by atoms with Crippen molar-refractivity contribution in [3.8, 4) is 0 Å². The summed E-state index contributed by atoms with van der Waals surface area (Å²) >= 11 is 10.8. The molecule has 0 aliphatic heterocycles. The number of halogens is 1. The summed E-state index contributed by atoms with van der Waals surface area (Å²) in [5.74, 6) is 0.156. The maximum absolute atomic E-state index is 7.65. The average molecular weight is 296 g/mol. The summed E-state index contributed by atoms with van der Waals surface area (Å²) in [6, 6.07) is 3.78. The van der Waals surface area contributed by atoms with Gasteiger partial charge in [-0.2, -0.15) is 12.6 Å². The van der Waals surface area contributed by atoms with Crippen LogP contribution in [0.15, 0.2) is 23.2 Å². The molecule has 102 valence electrons. The first-order valence-electron chi connectivity index (χ1n) is 6.20. The highest BCUT2D eigenvalue weighted by atomic mass is 35.5. The molecule has 19 heavy (non-hydrogen) atoms. The third kappa shape index (κ3) is 2.74. The van der Waals surface area contributed by atoms with Crippen molar-refractivity contribution in [3.63, 3.8) is 0 Å². The highest BCUT2D eigenvalue weighted by molar-refractivity contribution is 7.81. The van der Waals surface area contributed by atoms with E-state index in [1.54, 1.807) is 6.07 Å². The zero-order chi connectivity index (χ0) is 14.2. The van der Waals surface area contributed by atoms with Crippen molar-refractivity contribution in [2.24, 2.45) is 5.73 Å². The second kappa shape index (κ2) is 5.47. The molecule has 0 bridgehead atoms. The van der Waals surface area contributed by atoms with Crippen LogP contribution >= 0.6 is 24.2 Å². The number of allylic oxidation sites excluding steroid dienone is 1. The zero-order valence-electron chi connectivity index (χ0n) is 10.8. The number of nitrogens with one attached hydrogen (secondary N) is 1. The summed E-state index contributed by atoms with van der Waals surface area (Å²) in [7, 11) is 0. The van der Waals surface area contributed by atoms with Gasteiger partial charge in [-0.25, -0.2) is 0 Å². The molecule has 2 rings (SSSR count). The Hall–Kier alpha value is -1.13. The highest BCUT2D eigenvalue weighted by Crippen LogP contribution is 2.40. The van der Waals surface area contributed by atoms with E-state index in [1.807, 2.05) is 19.1 Å². The van der Waals surface area contributed by atoms with Gasteiger partial charge < -0.3 is 11.5 Å². The van der Waals surface area contributed by atoms with Gasteiger partial charge in [0.25, 0.3) is 0 Å². The Morgan fingerprint density at radius 2 is 2.11 bits per heavy atom. The van der Waals surface area contributed by atoms with Crippen LogP contribution in [0.4, 0.5) is 5.69 Å². The fourth-order valence-corrected chi connectivity index (χ4v) is 3.42. The second-order valence-corrected chi connectivity index (χ2v) is 6.01. The fraction of sp³-hybridized carbons (Fsp3) is 0.357. The Labute approximate surface area is 123 Å². The van der Waals surface area contributed by atoms with Crippen LogP contribution in [0.2, 0.25) is 0 Å². The Bertz CT molecular complexity index is 554. The van der Waals surface area contributed by atoms with Gasteiger partial charge in [0.05, 0.1) is 0 Å². The minimum Gasteiger partial charge on any atom is -0.398 e. The minimum absolute atomic E-state index is 0.000154. The summed E-state index contributed by atoms with van der Waals surface area (Å²) in [6.07, 6.45) is 3.93. The number of nitrogens with two attached hydrogens (primary N) is 2. The van der Waals surface area contributed by atoms with E-state index in [0.29, 0.717) is 11.3 Å². The molecule has 2 atom stereocenters. The number of anilines is 1. The van der Waals surface area contributed by atoms with E-state index < -0.39 is 0 Å². The molecule has 0 aromatic heterocycles. The molecule has 0 radical (unpaired) electrons. The van der Waals surface area contributed by atoms with Gasteiger partial charge in [-0.3, -0.25) is 5.41 Å². The lowest BCUT2D eigenvalue weighted by atomic mass is 9.84. The third-order valence-corrected chi connectivity index (χ3v) is 4.42. The van der Waals surface area contributed by atoms with Crippen molar-refractivity contribution in [3.05, 3.63) is 39.9 Å². The third-order valence-electron chi connectivity index (χ3n) is 3.62. The molecule has 0 fully saturated rings. The lowest BCUT2D eigenvalue weighted by molar-refractivity contribution is 0.651. The summed E-state index contributed by atoms with van der Waals surface area (Å²) in [6.45, 7) is 1.94. The van der Waals surface area contributed by atoms with Crippen molar-refractivity contribution >= 4 is 35.8 Å². The maximum atomic E-state index is 7.65. The van der Waals surface area contributed by atoms with Crippen molar-refractivity contribution < 1.29 is 0 Å². The Kier molecular flexibility index (Phi) is 4.11. The number of nitrogen functional groups attached to an aromatic ring is 2. The standard InChI is InChI=1S/C14H18ClN3S/c1-7-9(4-5-12(16)13(7)14(17)18)10-3-2-8(19)6-11(10)15/h4-6,8,10,19H,2-3,16H2,1H3,(H3,17,18). The first-order valence-corrected chi connectivity index (χ1v) is 7.10. The molecule has 5 N–H and O–H groups in total. The SMILES string of the molecule is Cc1c(C2CCC(S)C=C2Cl)ccc(N)c1C(=N)N. The van der Waals surface area contributed by atoms with E-state index in [2.05, 4.69) is 12.6 Å². The van der Waals surface area contributed by atoms with E-state index >= 15 is 0 Å². The zero-order valence-corrected chi connectivity index (χ0v) is 12.4. The molecular weight excluding hydrogens is 278 g/mol. The Morgan fingerprint density at radius 3 is 2.68 bits per heavy atom. The van der Waals surface area contributed by atoms with Gasteiger partial charge in [-0.05, 0) is 37.0 Å². The van der Waals surface area contributed by atoms with E-state index in [0.717, 1.165) is 29.0 Å². The summed E-state index contributed by atoms with van der Waals surface area (Å²) < 4.78 is 0. The number of hydrogen-bond acceptors (Lipinski definition) is 3. The van der Waals surface area contributed by atoms with E-state index in [-0.39, 0.29) is 17.0 Å². The van der Waals surface area contributed by atoms with Gasteiger partial charge >= 0.3 is 0 Å². The molecule has 0 amide bonds. The maximum Gasteiger partial charge on any atom is 0.125 e. The smallest absolute Gasteiger partial charge is 0.125 e. The van der Waals surface area contributed by atoms with Crippen LogP contribution in [0, 0.1) is 12.3 Å². The molecule has 1 aromatic rings. The van der Waals surface area contributed by atoms with E-state index in [4.69, 9.17) is 28.5 Å². The Balaban J connectivity index is 2.50. The predicted octanol–water partition coefficient (Wildman–Crippen LogP) is 3.16. The van der Waals surface area contributed by atoms with Crippen molar-refractivity contribution in [2.75, 3.05) is 5.73 Å². The first kappa shape index (κ1) is 14.3. The number of benzene rings is 1. The van der Waals surface area contributed by atoms with E-state index in [9.17, 15) is 0 Å². The highest BCUT2D eigenvalue weighted by Gasteiger charge is 2.24. The van der Waals surface area contributed by atoms with Crippen molar-refractivity contribution in [1.29, 1.82) is 5.41 Å². The molecular formula is C14H18ClN3S. The number of hydrogen-bond donors (Lipinski definition) is 4. The van der Waals surface area contributed by atoms with Crippen LogP contribution in [0.1, 0.15) is 35.4 Å². The van der Waals surface area contributed by atoms with Crippen molar-refractivity contribution in [1.82, 2.24) is 0 Å². The lowest BCUT2D eigenvalue weighted by Gasteiger charge is -2.26. The molecule has 0 heterocycles. The van der Waals surface area contributed by atoms with Crippen LogP contribution in [-0.2, 0) is 0 Å². The second-order valence-electron chi connectivity index (χ2n) is 4.91. The molecule has 2 unspecified atom stereocenters. The molecule has 1 aliphatic carbocycles. The average Bonchev–Trinajstić information content (AvgIpc) is 2.30. The molecule has 0 saturated carbocycles. The minimum atomic E-state index is -0.000154. The van der Waals surface area contributed by atoms with Crippen LogP contribution < -0.4 is 11.5 Å². The fourth-order valence-electron chi connectivity index (χ4n) is 2.65. The molecule has 3 nitrogen and oxygen atoms in total. The van der Waals surface area contributed by atoms with Gasteiger partial charge in [0, 0.05) is 27.5 Å². The van der Waals surface area contributed by atoms with Crippen LogP contribution in [0.25, 0.3) is 0 Å². The van der Waals surface area contributed by atoms with E-state index in [1.165, 1.54) is 0 Å². The molecule has 1 aromatic carbocycles. The number of amidine groups is 1.